The van der Waals surface area contributed by atoms with E-state index in [4.69, 9.17) is 5.21 Å². The molecule has 0 amide bonds. The average Bonchev–Trinajstić information content (AvgIpc) is 1.91. The first-order valence-corrected chi connectivity index (χ1v) is 3.83. The lowest BCUT2D eigenvalue weighted by atomic mass is 10.5. The maximum atomic E-state index is 8.35. The van der Waals surface area contributed by atoms with Gasteiger partial charge < -0.3 is 10.0 Å². The van der Waals surface area contributed by atoms with Crippen LogP contribution in [0, 0.1) is 0 Å². The molecular weight excluding hydrogens is 152 g/mol. The third kappa shape index (κ3) is 2.72. The lowest BCUT2D eigenvalue weighted by Crippen LogP contribution is -2.05. The fourth-order valence-corrected chi connectivity index (χ4v) is 0.851. The molecule has 0 saturated carbocycles. The van der Waals surface area contributed by atoms with Crippen molar-refractivity contribution < 1.29 is 10.0 Å². The van der Waals surface area contributed by atoms with E-state index in [1.165, 1.54) is 18.9 Å². The SMILES string of the molecule is CO/N=C(C)/C(=N\O)SC. The van der Waals surface area contributed by atoms with Crippen LogP contribution < -0.4 is 0 Å². The minimum atomic E-state index is 0.460. The van der Waals surface area contributed by atoms with Crippen LogP contribution in [0.4, 0.5) is 0 Å². The predicted molar refractivity (Wildman–Crippen MR) is 42.9 cm³/mol. The molecule has 0 saturated heterocycles. The van der Waals surface area contributed by atoms with Gasteiger partial charge in [-0.3, -0.25) is 0 Å². The number of nitrogens with zero attached hydrogens (tertiary/aromatic N) is 2. The van der Waals surface area contributed by atoms with Crippen molar-refractivity contribution in [2.75, 3.05) is 13.4 Å². The van der Waals surface area contributed by atoms with E-state index in [9.17, 15) is 0 Å². The van der Waals surface area contributed by atoms with Crippen molar-refractivity contribution in [1.29, 1.82) is 0 Å². The standard InChI is InChI=1S/C5H10N2O2S/c1-4(7-9-2)5(6-8)10-3/h8H,1-3H3/b6-5+,7-4+. The Morgan fingerprint density at radius 3 is 2.50 bits per heavy atom. The fourth-order valence-electron chi connectivity index (χ4n) is 0.437. The highest BCUT2D eigenvalue weighted by molar-refractivity contribution is 8.15. The molecule has 0 unspecified atom stereocenters. The topological polar surface area (TPSA) is 54.2 Å². The van der Waals surface area contributed by atoms with Gasteiger partial charge in [0.15, 0.2) is 5.04 Å². The maximum Gasteiger partial charge on any atom is 0.160 e. The smallest absolute Gasteiger partial charge is 0.160 e. The van der Waals surface area contributed by atoms with E-state index in [0.29, 0.717) is 10.8 Å². The zero-order chi connectivity index (χ0) is 7.98. The van der Waals surface area contributed by atoms with Gasteiger partial charge in [0.2, 0.25) is 0 Å². The summed E-state index contributed by atoms with van der Waals surface area (Å²) in [6, 6.07) is 0. The predicted octanol–water partition coefficient (Wildman–Crippen LogP) is 1.16. The largest absolute Gasteiger partial charge is 0.410 e. The second-order valence-corrected chi connectivity index (χ2v) is 2.26. The first-order valence-electron chi connectivity index (χ1n) is 2.60. The Kier molecular flexibility index (Phi) is 4.74. The summed E-state index contributed by atoms with van der Waals surface area (Å²) in [4.78, 5) is 4.47. The van der Waals surface area contributed by atoms with Gasteiger partial charge >= 0.3 is 0 Å². The van der Waals surface area contributed by atoms with Crippen molar-refractivity contribution in [3.63, 3.8) is 0 Å². The van der Waals surface area contributed by atoms with Crippen molar-refractivity contribution in [3.05, 3.63) is 0 Å². The molecule has 0 bridgehead atoms. The lowest BCUT2D eigenvalue weighted by molar-refractivity contribution is 0.214. The molecule has 0 aliphatic rings. The summed E-state index contributed by atoms with van der Waals surface area (Å²) in [5.41, 5.74) is 0.567. The summed E-state index contributed by atoms with van der Waals surface area (Å²) in [6.07, 6.45) is 1.80. The van der Waals surface area contributed by atoms with Gasteiger partial charge in [0.25, 0.3) is 0 Å². The zero-order valence-corrected chi connectivity index (χ0v) is 6.97. The van der Waals surface area contributed by atoms with Gasteiger partial charge in [0, 0.05) is 0 Å². The minimum absolute atomic E-state index is 0.460. The quantitative estimate of drug-likeness (QED) is 0.287. The van der Waals surface area contributed by atoms with Crippen LogP contribution in [0.2, 0.25) is 0 Å². The molecule has 0 fully saturated rings. The third-order valence-electron chi connectivity index (χ3n) is 0.822. The summed E-state index contributed by atoms with van der Waals surface area (Å²) in [5.74, 6) is 0. The molecule has 0 spiro atoms. The van der Waals surface area contributed by atoms with E-state index in [0.717, 1.165) is 0 Å². The first kappa shape index (κ1) is 9.29. The van der Waals surface area contributed by atoms with Crippen molar-refractivity contribution in [2.45, 2.75) is 6.92 Å². The average molecular weight is 162 g/mol. The second-order valence-electron chi connectivity index (χ2n) is 1.47. The Balaban J connectivity index is 4.16. The van der Waals surface area contributed by atoms with Gasteiger partial charge in [0.05, 0.1) is 0 Å². The third-order valence-corrected chi connectivity index (χ3v) is 1.59. The molecule has 0 heterocycles. The number of oxime groups is 2. The molecule has 5 heteroatoms. The van der Waals surface area contributed by atoms with Gasteiger partial charge in [0.1, 0.15) is 12.8 Å². The van der Waals surface area contributed by atoms with Crippen LogP contribution in [-0.2, 0) is 4.84 Å². The summed E-state index contributed by atoms with van der Waals surface area (Å²) in [6.45, 7) is 1.70. The Morgan fingerprint density at radius 1 is 1.60 bits per heavy atom. The van der Waals surface area contributed by atoms with Crippen LogP contribution in [0.1, 0.15) is 6.92 Å². The highest BCUT2D eigenvalue weighted by Gasteiger charge is 2.01. The summed E-state index contributed by atoms with van der Waals surface area (Å²) in [7, 11) is 1.44. The van der Waals surface area contributed by atoms with E-state index in [-0.39, 0.29) is 0 Å². The van der Waals surface area contributed by atoms with Crippen molar-refractivity contribution in [3.8, 4) is 0 Å². The Morgan fingerprint density at radius 2 is 2.20 bits per heavy atom. The van der Waals surface area contributed by atoms with Crippen molar-refractivity contribution in [1.82, 2.24) is 0 Å². The minimum Gasteiger partial charge on any atom is -0.410 e. The monoisotopic (exact) mass is 162 g/mol. The van der Waals surface area contributed by atoms with Crippen LogP contribution in [0.3, 0.4) is 0 Å². The molecule has 1 N–H and O–H groups in total. The Bertz CT molecular complexity index is 156. The molecular formula is C5H10N2O2S. The number of hydrogen-bond donors (Lipinski definition) is 1. The molecule has 0 aliphatic carbocycles. The van der Waals surface area contributed by atoms with Crippen LogP contribution >= 0.6 is 11.8 Å². The highest BCUT2D eigenvalue weighted by atomic mass is 32.2. The zero-order valence-electron chi connectivity index (χ0n) is 6.16. The van der Waals surface area contributed by atoms with Crippen LogP contribution in [0.25, 0.3) is 0 Å². The Hall–Kier alpha value is -0.710. The van der Waals surface area contributed by atoms with Crippen molar-refractivity contribution >= 4 is 22.5 Å². The lowest BCUT2D eigenvalue weighted by Gasteiger charge is -1.96. The van der Waals surface area contributed by atoms with Gasteiger partial charge in [-0.05, 0) is 13.2 Å². The van der Waals surface area contributed by atoms with E-state index in [1.807, 2.05) is 0 Å². The van der Waals surface area contributed by atoms with Gasteiger partial charge in [-0.15, -0.1) is 11.8 Å². The molecule has 10 heavy (non-hydrogen) atoms. The summed E-state index contributed by atoms with van der Waals surface area (Å²) < 4.78 is 0. The molecule has 0 radical (unpaired) electrons. The molecule has 0 aromatic carbocycles. The van der Waals surface area contributed by atoms with E-state index < -0.39 is 0 Å². The van der Waals surface area contributed by atoms with Gasteiger partial charge in [-0.1, -0.05) is 10.3 Å². The second kappa shape index (κ2) is 5.10. The first-order chi connectivity index (χ1) is 4.76. The number of hydrogen-bond acceptors (Lipinski definition) is 5. The molecule has 0 aromatic heterocycles. The van der Waals surface area contributed by atoms with E-state index in [1.54, 1.807) is 13.2 Å². The highest BCUT2D eigenvalue weighted by Crippen LogP contribution is 1.99. The summed E-state index contributed by atoms with van der Waals surface area (Å²) >= 11 is 1.31. The maximum absolute atomic E-state index is 8.35. The van der Waals surface area contributed by atoms with E-state index in [2.05, 4.69) is 15.1 Å². The molecule has 0 rings (SSSR count). The van der Waals surface area contributed by atoms with Crippen molar-refractivity contribution in [2.24, 2.45) is 10.3 Å². The van der Waals surface area contributed by atoms with Gasteiger partial charge in [-0.25, -0.2) is 0 Å². The molecule has 0 aromatic rings. The fraction of sp³-hybridized carbons (Fsp3) is 0.600. The van der Waals surface area contributed by atoms with Gasteiger partial charge in [-0.2, -0.15) is 0 Å². The van der Waals surface area contributed by atoms with Crippen LogP contribution in [0.15, 0.2) is 10.3 Å². The van der Waals surface area contributed by atoms with E-state index >= 15 is 0 Å². The normalized spacial score (nSPS) is 13.5. The number of thioether (sulfide) groups is 1. The summed E-state index contributed by atoms with van der Waals surface area (Å²) in [5, 5.41) is 15.4. The number of rotatable bonds is 2. The molecule has 0 aliphatic heterocycles. The molecule has 4 nitrogen and oxygen atoms in total. The van der Waals surface area contributed by atoms with Crippen LogP contribution in [-0.4, -0.2) is 29.3 Å². The molecule has 58 valence electrons. The molecule has 0 atom stereocenters. The van der Waals surface area contributed by atoms with Crippen LogP contribution in [0.5, 0.6) is 0 Å². The Labute approximate surface area is 63.9 Å².